The molecule has 3 aromatic rings. The Kier molecular flexibility index (Phi) is 5.04. The first-order valence-corrected chi connectivity index (χ1v) is 11.1. The van der Waals surface area contributed by atoms with E-state index in [4.69, 9.17) is 4.74 Å². The second kappa shape index (κ2) is 7.83. The highest BCUT2D eigenvalue weighted by Crippen LogP contribution is 2.48. The topological polar surface area (TPSA) is 108 Å². The Balaban J connectivity index is 1.41. The van der Waals surface area contributed by atoms with Crippen molar-refractivity contribution < 1.29 is 23.8 Å². The Bertz CT molecular complexity index is 1360. The number of hydrogen-bond donors (Lipinski definition) is 1. The van der Waals surface area contributed by atoms with Gasteiger partial charge in [0.1, 0.15) is 11.4 Å². The summed E-state index contributed by atoms with van der Waals surface area (Å²) < 4.78 is 22.4. The molecule has 2 heterocycles. The molecule has 1 amide bonds. The smallest absolute Gasteiger partial charge is 0.415 e. The maximum absolute atomic E-state index is 14.6. The van der Waals surface area contributed by atoms with E-state index in [2.05, 4.69) is 18.0 Å². The largest absolute Gasteiger partial charge is 0.478 e. The van der Waals surface area contributed by atoms with Gasteiger partial charge in [-0.2, -0.15) is 5.26 Å². The number of fused-ring (bicyclic) bond motifs is 1. The van der Waals surface area contributed by atoms with Crippen LogP contribution in [0.1, 0.15) is 48.5 Å². The number of amides is 1. The third-order valence-electron chi connectivity index (χ3n) is 6.92. The number of nitrogens with zero attached hydrogens (tertiary/aromatic N) is 4. The number of ether oxygens (including phenoxy) is 1. The van der Waals surface area contributed by atoms with Crippen LogP contribution in [0, 0.1) is 22.6 Å². The van der Waals surface area contributed by atoms with Crippen LogP contribution < -0.4 is 4.90 Å². The van der Waals surface area contributed by atoms with Crippen molar-refractivity contribution in [3.63, 3.8) is 0 Å². The Morgan fingerprint density at radius 1 is 1.29 bits per heavy atom. The highest BCUT2D eigenvalue weighted by atomic mass is 19.1. The zero-order valence-corrected chi connectivity index (χ0v) is 18.6. The summed E-state index contributed by atoms with van der Waals surface area (Å²) in [5, 5.41) is 18.5. The normalized spacial score (nSPS) is 24.4. The van der Waals surface area contributed by atoms with Crippen molar-refractivity contribution in [2.45, 2.75) is 44.8 Å². The van der Waals surface area contributed by atoms with Gasteiger partial charge in [0.05, 0.1) is 46.8 Å². The fourth-order valence-corrected chi connectivity index (χ4v) is 5.47. The van der Waals surface area contributed by atoms with Crippen LogP contribution >= 0.6 is 0 Å². The molecule has 1 saturated heterocycles. The number of rotatable bonds is 4. The summed E-state index contributed by atoms with van der Waals surface area (Å²) >= 11 is 0. The predicted octanol–water partition coefficient (Wildman–Crippen LogP) is 4.72. The van der Waals surface area contributed by atoms with Crippen LogP contribution in [0.25, 0.3) is 11.0 Å². The van der Waals surface area contributed by atoms with E-state index in [0.29, 0.717) is 24.9 Å². The maximum Gasteiger partial charge on any atom is 0.415 e. The first kappa shape index (κ1) is 21.9. The molecule has 0 unspecified atom stereocenters. The molecule has 0 bridgehead atoms. The summed E-state index contributed by atoms with van der Waals surface area (Å²) in [4.78, 5) is 29.8. The molecule has 1 spiro atoms. The molecule has 0 radical (unpaired) electrons. The number of anilines is 1. The number of carboxylic acid groups (broad SMARTS) is 1. The zero-order chi connectivity index (χ0) is 24.1. The highest BCUT2D eigenvalue weighted by molar-refractivity contribution is 5.94. The average Bonchev–Trinajstić information content (AvgIpc) is 3.33. The van der Waals surface area contributed by atoms with Gasteiger partial charge in [-0.15, -0.1) is 0 Å². The van der Waals surface area contributed by atoms with Gasteiger partial charge in [-0.1, -0.05) is 6.92 Å². The van der Waals surface area contributed by atoms with E-state index in [1.807, 2.05) is 16.7 Å². The van der Waals surface area contributed by atoms with E-state index < -0.39 is 23.5 Å². The fraction of sp³-hybridized carbons (Fsp3) is 0.360. The minimum Gasteiger partial charge on any atom is -0.478 e. The summed E-state index contributed by atoms with van der Waals surface area (Å²) in [5.41, 5.74) is 1.04. The van der Waals surface area contributed by atoms with Crippen molar-refractivity contribution in [1.82, 2.24) is 9.55 Å². The van der Waals surface area contributed by atoms with Crippen molar-refractivity contribution in [1.29, 1.82) is 5.26 Å². The van der Waals surface area contributed by atoms with Crippen molar-refractivity contribution in [2.75, 3.05) is 11.4 Å². The third kappa shape index (κ3) is 3.75. The summed E-state index contributed by atoms with van der Waals surface area (Å²) in [5.74, 6) is -1.86. The van der Waals surface area contributed by atoms with Gasteiger partial charge in [-0.3, -0.25) is 4.90 Å². The number of hydrogen-bond acceptors (Lipinski definition) is 5. The van der Waals surface area contributed by atoms with Crippen LogP contribution in [0.2, 0.25) is 0 Å². The van der Waals surface area contributed by atoms with Crippen LogP contribution in [0.5, 0.6) is 0 Å². The molecule has 2 fully saturated rings. The number of imidazole rings is 1. The highest BCUT2D eigenvalue weighted by Gasteiger charge is 2.52. The molecule has 5 rings (SSSR count). The second-order valence-electron chi connectivity index (χ2n) is 9.64. The summed E-state index contributed by atoms with van der Waals surface area (Å²) in [6.07, 6.45) is 4.04. The SMILES string of the molecule is C[C@]1(Cn2cnc3ccc(C#N)cc32)CCC[C@@]2(CN(c3cc(C(=O)O)ccc3F)C(=O)O2)C1. The lowest BCUT2D eigenvalue weighted by Gasteiger charge is -2.43. The minimum absolute atomic E-state index is 0.0845. The predicted molar refractivity (Wildman–Crippen MR) is 121 cm³/mol. The monoisotopic (exact) mass is 462 g/mol. The lowest BCUT2D eigenvalue weighted by atomic mass is 9.68. The molecule has 9 heteroatoms. The van der Waals surface area contributed by atoms with Gasteiger partial charge in [0.15, 0.2) is 0 Å². The fourth-order valence-electron chi connectivity index (χ4n) is 5.47. The summed E-state index contributed by atoms with van der Waals surface area (Å²) in [7, 11) is 0. The van der Waals surface area contributed by atoms with E-state index >= 15 is 0 Å². The molecule has 2 atom stereocenters. The Morgan fingerprint density at radius 3 is 2.88 bits per heavy atom. The van der Waals surface area contributed by atoms with Gasteiger partial charge < -0.3 is 14.4 Å². The minimum atomic E-state index is -1.19. The van der Waals surface area contributed by atoms with E-state index in [0.717, 1.165) is 29.9 Å². The Labute approximate surface area is 195 Å². The molecule has 174 valence electrons. The van der Waals surface area contributed by atoms with Crippen molar-refractivity contribution in [3.8, 4) is 6.07 Å². The van der Waals surface area contributed by atoms with Gasteiger partial charge in [0.2, 0.25) is 0 Å². The van der Waals surface area contributed by atoms with Crippen LogP contribution in [0.4, 0.5) is 14.9 Å². The molecule has 1 saturated carbocycles. The molecule has 1 aliphatic heterocycles. The van der Waals surface area contributed by atoms with Crippen molar-refractivity contribution in [2.24, 2.45) is 5.41 Å². The summed E-state index contributed by atoms with van der Waals surface area (Å²) in [6, 6.07) is 10.9. The Hall–Kier alpha value is -3.93. The molecular weight excluding hydrogens is 439 g/mol. The number of benzene rings is 2. The molecule has 34 heavy (non-hydrogen) atoms. The van der Waals surface area contributed by atoms with Gasteiger partial charge in [0.25, 0.3) is 0 Å². The quantitative estimate of drug-likeness (QED) is 0.601. The molecule has 2 aliphatic rings. The molecule has 2 aromatic carbocycles. The molecule has 1 N–H and O–H groups in total. The number of nitriles is 1. The van der Waals surface area contributed by atoms with Gasteiger partial charge in [-0.25, -0.2) is 19.0 Å². The van der Waals surface area contributed by atoms with Crippen molar-refractivity contribution in [3.05, 3.63) is 59.7 Å². The standard InChI is InChI=1S/C25H23FN4O4/c1-24(13-29-15-28-19-6-3-16(11-27)9-21(19)29)7-2-8-25(12-24)14-30(23(33)34-25)20-10-17(22(31)32)4-5-18(20)26/h3-6,9-10,15H,2,7-8,12-14H2,1H3,(H,31,32)/t24-,25-/m0/s1. The van der Waals surface area contributed by atoms with E-state index in [1.165, 1.54) is 17.0 Å². The van der Waals surface area contributed by atoms with Crippen molar-refractivity contribution >= 4 is 28.8 Å². The lowest BCUT2D eigenvalue weighted by Crippen LogP contribution is -2.45. The van der Waals surface area contributed by atoms with Gasteiger partial charge in [0, 0.05) is 6.54 Å². The number of halogens is 1. The molecule has 1 aromatic heterocycles. The molecule has 1 aliphatic carbocycles. The molecule has 8 nitrogen and oxygen atoms in total. The third-order valence-corrected chi connectivity index (χ3v) is 6.92. The van der Waals surface area contributed by atoms with Crippen LogP contribution in [-0.4, -0.2) is 38.9 Å². The maximum atomic E-state index is 14.6. The zero-order valence-electron chi connectivity index (χ0n) is 18.6. The van der Waals surface area contributed by atoms with E-state index in [1.54, 1.807) is 12.4 Å². The number of aromatic nitrogens is 2. The first-order chi connectivity index (χ1) is 16.2. The average molecular weight is 462 g/mol. The lowest BCUT2D eigenvalue weighted by molar-refractivity contribution is -0.0264. The Morgan fingerprint density at radius 2 is 2.12 bits per heavy atom. The van der Waals surface area contributed by atoms with Crippen LogP contribution in [-0.2, 0) is 11.3 Å². The number of carbonyl (C=O) groups excluding carboxylic acids is 1. The molecular formula is C25H23FN4O4. The van der Waals surface area contributed by atoms with Crippen LogP contribution in [0.15, 0.2) is 42.7 Å². The number of aromatic carboxylic acids is 1. The number of carboxylic acids is 1. The van der Waals surface area contributed by atoms with Gasteiger partial charge >= 0.3 is 12.1 Å². The van der Waals surface area contributed by atoms with Crippen LogP contribution in [0.3, 0.4) is 0 Å². The first-order valence-electron chi connectivity index (χ1n) is 11.1. The van der Waals surface area contributed by atoms with E-state index in [9.17, 15) is 24.3 Å². The summed E-state index contributed by atoms with van der Waals surface area (Å²) in [6.45, 7) is 2.92. The second-order valence-corrected chi connectivity index (χ2v) is 9.64. The van der Waals surface area contributed by atoms with E-state index in [-0.39, 0.29) is 23.2 Å². The number of carbonyl (C=O) groups is 2. The van der Waals surface area contributed by atoms with Gasteiger partial charge in [-0.05, 0) is 67.5 Å².